The van der Waals surface area contributed by atoms with Gasteiger partial charge in [0, 0.05) is 44.6 Å². The van der Waals surface area contributed by atoms with Crippen molar-refractivity contribution in [3.63, 3.8) is 0 Å². The summed E-state index contributed by atoms with van der Waals surface area (Å²) in [5, 5.41) is 5.70. The standard InChI is InChI=1S/C26H32F4N4O3/c1-16-19(5-4-6-21(16)26(28,29)30)17(2)32-24(36)20-12-34(18-7-9-37-10-8-18)23(35)11-22(20)31-13-25(27)14-33(3)15-25/h4-6,11-12,17-18,31H,7-10,13-15H2,1-3H3,(H,32,36)/t17-/m1/s1. The van der Waals surface area contributed by atoms with Crippen LogP contribution in [0.25, 0.3) is 0 Å². The first kappa shape index (κ1) is 27.1. The van der Waals surface area contributed by atoms with Crippen LogP contribution in [-0.2, 0) is 10.9 Å². The van der Waals surface area contributed by atoms with Crippen LogP contribution in [0.4, 0.5) is 23.2 Å². The number of benzene rings is 1. The zero-order valence-electron chi connectivity index (χ0n) is 21.1. The molecule has 2 aliphatic rings. The molecule has 1 amide bonds. The van der Waals surface area contributed by atoms with Gasteiger partial charge in [0.05, 0.1) is 29.4 Å². The van der Waals surface area contributed by atoms with Gasteiger partial charge in [-0.3, -0.25) is 14.5 Å². The predicted octanol–water partition coefficient (Wildman–Crippen LogP) is 4.08. The number of ether oxygens (including phenoxy) is 1. The summed E-state index contributed by atoms with van der Waals surface area (Å²) < 4.78 is 61.9. The highest BCUT2D eigenvalue weighted by molar-refractivity contribution is 5.99. The Hall–Kier alpha value is -2.92. The van der Waals surface area contributed by atoms with Crippen LogP contribution >= 0.6 is 0 Å². The first-order valence-corrected chi connectivity index (χ1v) is 12.3. The van der Waals surface area contributed by atoms with Crippen molar-refractivity contribution in [3.8, 4) is 0 Å². The molecule has 1 aromatic heterocycles. The minimum Gasteiger partial charge on any atom is -0.381 e. The number of halogens is 4. The molecule has 0 spiro atoms. The number of hydrogen-bond donors (Lipinski definition) is 2. The molecule has 2 fully saturated rings. The highest BCUT2D eigenvalue weighted by atomic mass is 19.4. The maximum atomic E-state index is 14.9. The minimum absolute atomic E-state index is 0.0294. The normalized spacial score (nSPS) is 19.2. The van der Waals surface area contributed by atoms with Gasteiger partial charge in [0.2, 0.25) is 0 Å². The summed E-state index contributed by atoms with van der Waals surface area (Å²) in [5.41, 5.74) is -1.91. The molecule has 202 valence electrons. The second-order valence-electron chi connectivity index (χ2n) is 10.1. The van der Waals surface area contributed by atoms with Gasteiger partial charge in [-0.15, -0.1) is 0 Å². The zero-order valence-corrected chi connectivity index (χ0v) is 21.1. The van der Waals surface area contributed by atoms with E-state index in [2.05, 4.69) is 10.6 Å². The largest absolute Gasteiger partial charge is 0.416 e. The number of carbonyl (C=O) groups is 1. The highest BCUT2D eigenvalue weighted by Gasteiger charge is 2.41. The molecule has 1 atom stereocenters. The number of likely N-dealkylation sites (tertiary alicyclic amines) is 1. The van der Waals surface area contributed by atoms with E-state index in [4.69, 9.17) is 4.74 Å². The Morgan fingerprint density at radius 3 is 2.54 bits per heavy atom. The average Bonchev–Trinajstić information content (AvgIpc) is 2.81. The summed E-state index contributed by atoms with van der Waals surface area (Å²) in [6.45, 7) is 4.32. The topological polar surface area (TPSA) is 75.6 Å². The van der Waals surface area contributed by atoms with Crippen LogP contribution in [0.2, 0.25) is 0 Å². The van der Waals surface area contributed by atoms with E-state index in [0.717, 1.165) is 6.07 Å². The van der Waals surface area contributed by atoms with Crippen molar-refractivity contribution in [2.45, 2.75) is 50.6 Å². The van der Waals surface area contributed by atoms with Crippen LogP contribution in [0.15, 0.2) is 35.3 Å². The Morgan fingerprint density at radius 1 is 1.24 bits per heavy atom. The highest BCUT2D eigenvalue weighted by Crippen LogP contribution is 2.34. The fourth-order valence-electron chi connectivity index (χ4n) is 5.19. The Labute approximate surface area is 212 Å². The molecule has 7 nitrogen and oxygen atoms in total. The summed E-state index contributed by atoms with van der Waals surface area (Å²) in [5.74, 6) is -0.578. The van der Waals surface area contributed by atoms with E-state index in [1.807, 2.05) is 4.90 Å². The molecule has 2 aromatic rings. The molecule has 11 heteroatoms. The van der Waals surface area contributed by atoms with Crippen molar-refractivity contribution in [3.05, 3.63) is 63.1 Å². The molecule has 3 heterocycles. The van der Waals surface area contributed by atoms with Gasteiger partial charge in [-0.05, 0) is 50.9 Å². The van der Waals surface area contributed by atoms with E-state index in [-0.39, 0.29) is 48.0 Å². The van der Waals surface area contributed by atoms with Crippen LogP contribution in [0.5, 0.6) is 0 Å². The third-order valence-corrected chi connectivity index (χ3v) is 7.11. The van der Waals surface area contributed by atoms with Crippen molar-refractivity contribution in [1.82, 2.24) is 14.8 Å². The lowest BCUT2D eigenvalue weighted by atomic mass is 9.96. The van der Waals surface area contributed by atoms with Crippen molar-refractivity contribution in [2.75, 3.05) is 45.2 Å². The Bertz CT molecular complexity index is 1200. The Morgan fingerprint density at radius 2 is 1.92 bits per heavy atom. The zero-order chi connectivity index (χ0) is 27.0. The molecule has 0 aliphatic carbocycles. The van der Waals surface area contributed by atoms with Gasteiger partial charge >= 0.3 is 6.18 Å². The molecule has 4 rings (SSSR count). The smallest absolute Gasteiger partial charge is 0.381 e. The second-order valence-corrected chi connectivity index (χ2v) is 10.1. The Kier molecular flexibility index (Phi) is 7.66. The number of alkyl halides is 4. The first-order chi connectivity index (χ1) is 17.4. The predicted molar refractivity (Wildman–Crippen MR) is 132 cm³/mol. The fraction of sp³-hybridized carbons (Fsp3) is 0.538. The lowest BCUT2D eigenvalue weighted by Crippen LogP contribution is -2.60. The number of nitrogens with zero attached hydrogens (tertiary/aromatic N) is 2. The van der Waals surface area contributed by atoms with Gasteiger partial charge < -0.3 is 19.9 Å². The van der Waals surface area contributed by atoms with Gasteiger partial charge in [0.1, 0.15) is 0 Å². The molecule has 2 N–H and O–H groups in total. The summed E-state index contributed by atoms with van der Waals surface area (Å²) in [4.78, 5) is 28.2. The van der Waals surface area contributed by atoms with E-state index in [0.29, 0.717) is 31.6 Å². The quantitative estimate of drug-likeness (QED) is 0.534. The molecular weight excluding hydrogens is 492 g/mol. The third-order valence-electron chi connectivity index (χ3n) is 7.11. The Balaban J connectivity index is 1.63. The van der Waals surface area contributed by atoms with Crippen LogP contribution in [0.3, 0.4) is 0 Å². The summed E-state index contributed by atoms with van der Waals surface area (Å²) >= 11 is 0. The fourth-order valence-corrected chi connectivity index (χ4v) is 5.19. The van der Waals surface area contributed by atoms with E-state index in [9.17, 15) is 27.2 Å². The number of amides is 1. The van der Waals surface area contributed by atoms with Crippen molar-refractivity contribution in [2.24, 2.45) is 0 Å². The summed E-state index contributed by atoms with van der Waals surface area (Å²) in [6, 6.07) is 4.23. The van der Waals surface area contributed by atoms with Crippen molar-refractivity contribution >= 4 is 11.6 Å². The molecule has 0 unspecified atom stereocenters. The second kappa shape index (κ2) is 10.4. The van der Waals surface area contributed by atoms with Crippen LogP contribution in [0.1, 0.15) is 58.9 Å². The summed E-state index contributed by atoms with van der Waals surface area (Å²) in [7, 11) is 1.79. The lowest BCUT2D eigenvalue weighted by Gasteiger charge is -2.42. The molecule has 2 aliphatic heterocycles. The number of hydrogen-bond acceptors (Lipinski definition) is 5. The number of carbonyl (C=O) groups excluding carboxylic acids is 1. The van der Waals surface area contributed by atoms with Crippen LogP contribution in [0, 0.1) is 6.92 Å². The lowest BCUT2D eigenvalue weighted by molar-refractivity contribution is -0.138. The molecule has 0 saturated carbocycles. The minimum atomic E-state index is -4.52. The number of pyridine rings is 1. The molecule has 0 bridgehead atoms. The number of nitrogens with one attached hydrogen (secondary N) is 2. The van der Waals surface area contributed by atoms with Gasteiger partial charge in [-0.25, -0.2) is 4.39 Å². The average molecular weight is 525 g/mol. The van der Waals surface area contributed by atoms with E-state index >= 15 is 0 Å². The molecule has 37 heavy (non-hydrogen) atoms. The van der Waals surface area contributed by atoms with E-state index in [1.165, 1.54) is 35.9 Å². The van der Waals surface area contributed by atoms with Crippen molar-refractivity contribution < 1.29 is 27.1 Å². The molecule has 1 aromatic carbocycles. The SMILES string of the molecule is Cc1c([C@@H](C)NC(=O)c2cn(C3CCOCC3)c(=O)cc2NCC2(F)CN(C)C2)cccc1C(F)(F)F. The monoisotopic (exact) mass is 524 g/mol. The van der Waals surface area contributed by atoms with E-state index < -0.39 is 29.4 Å². The number of rotatable bonds is 7. The maximum Gasteiger partial charge on any atom is 0.416 e. The van der Waals surface area contributed by atoms with Gasteiger partial charge in [0.25, 0.3) is 11.5 Å². The van der Waals surface area contributed by atoms with Crippen LogP contribution in [-0.4, -0.2) is 60.9 Å². The van der Waals surface area contributed by atoms with E-state index in [1.54, 1.807) is 14.0 Å². The van der Waals surface area contributed by atoms with Gasteiger partial charge in [-0.2, -0.15) is 13.2 Å². The van der Waals surface area contributed by atoms with Crippen molar-refractivity contribution in [1.29, 1.82) is 0 Å². The molecular formula is C26H32F4N4O3. The molecule has 2 saturated heterocycles. The summed E-state index contributed by atoms with van der Waals surface area (Å²) in [6.07, 6.45) is -1.85. The van der Waals surface area contributed by atoms with Crippen LogP contribution < -0.4 is 16.2 Å². The third kappa shape index (κ3) is 5.98. The maximum absolute atomic E-state index is 14.9. The number of aromatic nitrogens is 1. The van der Waals surface area contributed by atoms with Gasteiger partial charge in [0.15, 0.2) is 5.67 Å². The van der Waals surface area contributed by atoms with Gasteiger partial charge in [-0.1, -0.05) is 12.1 Å². The number of anilines is 1. The molecule has 0 radical (unpaired) electrons. The first-order valence-electron chi connectivity index (χ1n) is 12.3.